The molecule has 0 aliphatic heterocycles. The van der Waals surface area contributed by atoms with Gasteiger partial charge in [-0.15, -0.1) is 24.2 Å². The van der Waals surface area contributed by atoms with Gasteiger partial charge in [0.15, 0.2) is 9.84 Å². The molecule has 1 aliphatic carbocycles. The minimum atomic E-state index is -3.31. The summed E-state index contributed by atoms with van der Waals surface area (Å²) in [7, 11) is -3.31. The highest BCUT2D eigenvalue weighted by atomic mass is 35.5. The molecule has 25 heavy (non-hydrogen) atoms. The normalized spacial score (nSPS) is 16.6. The highest BCUT2D eigenvalue weighted by Crippen LogP contribution is 2.32. The monoisotopic (exact) mass is 406 g/mol. The lowest BCUT2D eigenvalue weighted by Gasteiger charge is -2.16. The van der Waals surface area contributed by atoms with Crippen LogP contribution < -0.4 is 11.1 Å². The van der Waals surface area contributed by atoms with Gasteiger partial charge >= 0.3 is 0 Å². The third kappa shape index (κ3) is 6.47. The Hall–Kier alpha value is -0.760. The molecule has 0 heterocycles. The Morgan fingerprint density at radius 3 is 2.60 bits per heavy atom. The molecule has 1 saturated carbocycles. The topological polar surface area (TPSA) is 89.3 Å². The van der Waals surface area contributed by atoms with E-state index in [0.717, 1.165) is 12.8 Å². The van der Waals surface area contributed by atoms with E-state index in [1.165, 1.54) is 11.8 Å². The van der Waals surface area contributed by atoms with Crippen LogP contribution in [-0.2, 0) is 14.6 Å². The van der Waals surface area contributed by atoms with Crippen molar-refractivity contribution in [2.24, 2.45) is 11.7 Å². The Balaban J connectivity index is 0.00000312. The van der Waals surface area contributed by atoms with Gasteiger partial charge in [0.05, 0.1) is 15.9 Å². The van der Waals surface area contributed by atoms with Crippen LogP contribution in [0.25, 0.3) is 0 Å². The maximum Gasteiger partial charge on any atom is 0.233 e. The number of hydrogen-bond donors (Lipinski definition) is 2. The van der Waals surface area contributed by atoms with E-state index in [1.807, 2.05) is 6.92 Å². The van der Waals surface area contributed by atoms with Gasteiger partial charge in [-0.25, -0.2) is 8.42 Å². The summed E-state index contributed by atoms with van der Waals surface area (Å²) in [5.74, 6) is 0.536. The van der Waals surface area contributed by atoms with Gasteiger partial charge < -0.3 is 11.1 Å². The van der Waals surface area contributed by atoms with Crippen LogP contribution in [0, 0.1) is 5.92 Å². The molecule has 0 saturated heterocycles. The minimum absolute atomic E-state index is 0. The third-order valence-corrected chi connectivity index (χ3v) is 7.35. The molecule has 1 aromatic rings. The van der Waals surface area contributed by atoms with E-state index in [1.54, 1.807) is 31.2 Å². The molecule has 2 rings (SSSR count). The maximum absolute atomic E-state index is 12.4. The number of nitrogens with two attached hydrogens (primary N) is 1. The third-order valence-electron chi connectivity index (χ3n) is 4.07. The first-order valence-corrected chi connectivity index (χ1v) is 10.9. The van der Waals surface area contributed by atoms with Crippen molar-refractivity contribution >= 4 is 39.9 Å². The summed E-state index contributed by atoms with van der Waals surface area (Å²) < 4.78 is 24.7. The Morgan fingerprint density at radius 2 is 2.00 bits per heavy atom. The molecule has 3 N–H and O–H groups in total. The quantitative estimate of drug-likeness (QED) is 0.615. The summed E-state index contributed by atoms with van der Waals surface area (Å²) in [6.07, 6.45) is 2.85. The van der Waals surface area contributed by atoms with Crippen LogP contribution in [0.15, 0.2) is 34.1 Å². The van der Waals surface area contributed by atoms with E-state index in [-0.39, 0.29) is 35.4 Å². The lowest BCUT2D eigenvalue weighted by molar-refractivity contribution is -0.120. The van der Waals surface area contributed by atoms with Gasteiger partial charge in [0.25, 0.3) is 0 Å². The van der Waals surface area contributed by atoms with Crippen molar-refractivity contribution in [2.45, 2.75) is 54.2 Å². The first kappa shape index (κ1) is 22.3. The van der Waals surface area contributed by atoms with Crippen molar-refractivity contribution in [3.8, 4) is 0 Å². The van der Waals surface area contributed by atoms with Crippen molar-refractivity contribution in [1.29, 1.82) is 0 Å². The lowest BCUT2D eigenvalue weighted by atomic mass is 10.2. The number of carbonyl (C=O) groups is 1. The van der Waals surface area contributed by atoms with Gasteiger partial charge in [-0.1, -0.05) is 19.1 Å². The fourth-order valence-electron chi connectivity index (χ4n) is 2.48. The zero-order chi connectivity index (χ0) is 17.7. The predicted molar refractivity (Wildman–Crippen MR) is 105 cm³/mol. The largest absolute Gasteiger partial charge is 0.354 e. The number of carbonyl (C=O) groups excluding carboxylic acids is 1. The van der Waals surface area contributed by atoms with Crippen molar-refractivity contribution in [1.82, 2.24) is 5.32 Å². The highest BCUT2D eigenvalue weighted by Gasteiger charge is 2.29. The molecule has 0 aromatic heterocycles. The van der Waals surface area contributed by atoms with Crippen LogP contribution in [-0.4, -0.2) is 37.9 Å². The predicted octanol–water partition coefficient (Wildman–Crippen LogP) is 2.63. The fraction of sp³-hybridized carbons (Fsp3) is 0.588. The molecule has 142 valence electrons. The average molecular weight is 407 g/mol. The number of halogens is 1. The minimum Gasteiger partial charge on any atom is -0.354 e. The second-order valence-corrected chi connectivity index (χ2v) is 9.73. The zero-order valence-corrected chi connectivity index (χ0v) is 17.1. The number of amides is 1. The molecular weight excluding hydrogens is 380 g/mol. The van der Waals surface area contributed by atoms with Gasteiger partial charge in [0, 0.05) is 17.5 Å². The summed E-state index contributed by atoms with van der Waals surface area (Å²) >= 11 is 1.27. The molecule has 5 nitrogen and oxygen atoms in total. The fourth-order valence-corrected chi connectivity index (χ4v) is 5.34. The molecular formula is C17H27ClN2O3S2. The molecule has 1 aliphatic rings. The van der Waals surface area contributed by atoms with E-state index >= 15 is 0 Å². The summed E-state index contributed by atoms with van der Waals surface area (Å²) in [5.41, 5.74) is 5.99. The first-order valence-electron chi connectivity index (χ1n) is 8.37. The van der Waals surface area contributed by atoms with E-state index in [0.29, 0.717) is 28.7 Å². The first-order chi connectivity index (χ1) is 11.3. The Bertz CT molecular complexity index is 678. The smallest absolute Gasteiger partial charge is 0.233 e. The van der Waals surface area contributed by atoms with E-state index < -0.39 is 9.84 Å². The van der Waals surface area contributed by atoms with Crippen LogP contribution in [0.5, 0.6) is 0 Å². The molecule has 1 aromatic carbocycles. The molecule has 0 bridgehead atoms. The van der Waals surface area contributed by atoms with E-state index in [2.05, 4.69) is 5.32 Å². The number of nitrogens with one attached hydrogen (secondary N) is 1. The summed E-state index contributed by atoms with van der Waals surface area (Å²) in [6.45, 7) is 4.10. The van der Waals surface area contributed by atoms with Crippen LogP contribution in [0.3, 0.4) is 0 Å². The van der Waals surface area contributed by atoms with E-state index in [9.17, 15) is 13.2 Å². The van der Waals surface area contributed by atoms with Gasteiger partial charge in [-0.2, -0.15) is 0 Å². The van der Waals surface area contributed by atoms with E-state index in [4.69, 9.17) is 5.73 Å². The van der Waals surface area contributed by atoms with Crippen LogP contribution >= 0.6 is 24.2 Å². The second kappa shape index (κ2) is 9.80. The number of thioether (sulfide) groups is 1. The molecule has 0 radical (unpaired) electrons. The standard InChI is InChI=1S/C17H26N2O3S2.ClH/c1-3-10-24(21,22)16-7-5-4-6-15(16)23-12(2)17(20)19-11-14(18)13-8-9-13;/h4-7,12-14H,3,8-11,18H2,1-2H3,(H,19,20);1H. The number of sulfone groups is 1. The Kier molecular flexibility index (Phi) is 8.74. The summed E-state index contributed by atoms with van der Waals surface area (Å²) in [6, 6.07) is 6.89. The average Bonchev–Trinajstić information content (AvgIpc) is 3.37. The van der Waals surface area contributed by atoms with Crippen molar-refractivity contribution < 1.29 is 13.2 Å². The molecule has 1 amide bonds. The molecule has 0 spiro atoms. The van der Waals surface area contributed by atoms with Crippen molar-refractivity contribution in [3.05, 3.63) is 24.3 Å². The zero-order valence-electron chi connectivity index (χ0n) is 14.6. The molecule has 1 fully saturated rings. The Labute approximate surface area is 160 Å². The van der Waals surface area contributed by atoms with Gasteiger partial charge in [0.1, 0.15) is 0 Å². The van der Waals surface area contributed by atoms with Crippen LogP contribution in [0.2, 0.25) is 0 Å². The summed E-state index contributed by atoms with van der Waals surface area (Å²) in [4.78, 5) is 13.2. The van der Waals surface area contributed by atoms with Crippen molar-refractivity contribution in [3.63, 3.8) is 0 Å². The second-order valence-electron chi connectivity index (χ2n) is 6.27. The Morgan fingerprint density at radius 1 is 1.36 bits per heavy atom. The molecule has 8 heteroatoms. The van der Waals surface area contributed by atoms with Crippen LogP contribution in [0.4, 0.5) is 0 Å². The van der Waals surface area contributed by atoms with Gasteiger partial charge in [0.2, 0.25) is 5.91 Å². The van der Waals surface area contributed by atoms with Crippen LogP contribution in [0.1, 0.15) is 33.1 Å². The highest BCUT2D eigenvalue weighted by molar-refractivity contribution is 8.01. The number of hydrogen-bond acceptors (Lipinski definition) is 5. The molecule has 2 unspecified atom stereocenters. The SMILES string of the molecule is CCCS(=O)(=O)c1ccccc1SC(C)C(=O)NCC(N)C1CC1.Cl. The van der Waals surface area contributed by atoms with Gasteiger partial charge in [-0.05, 0) is 44.2 Å². The maximum atomic E-state index is 12.4. The number of rotatable bonds is 9. The summed E-state index contributed by atoms with van der Waals surface area (Å²) in [5, 5.41) is 2.49. The van der Waals surface area contributed by atoms with Crippen molar-refractivity contribution in [2.75, 3.05) is 12.3 Å². The molecule has 2 atom stereocenters. The van der Waals surface area contributed by atoms with Gasteiger partial charge in [-0.3, -0.25) is 4.79 Å². The lowest BCUT2D eigenvalue weighted by Crippen LogP contribution is -2.41. The number of benzene rings is 1.